The van der Waals surface area contributed by atoms with Gasteiger partial charge in [0.1, 0.15) is 4.90 Å². The molecule has 0 saturated carbocycles. The van der Waals surface area contributed by atoms with Gasteiger partial charge in [0.15, 0.2) is 5.60 Å². The van der Waals surface area contributed by atoms with Crippen molar-refractivity contribution in [1.82, 2.24) is 14.0 Å². The van der Waals surface area contributed by atoms with Crippen LogP contribution in [0.15, 0.2) is 76.8 Å². The Kier molecular flexibility index (Phi) is 8.55. The molecule has 40 heavy (non-hydrogen) atoms. The van der Waals surface area contributed by atoms with E-state index >= 15 is 0 Å². The molecule has 2 heterocycles. The first-order chi connectivity index (χ1) is 18.6. The maximum atomic E-state index is 13.4. The van der Waals surface area contributed by atoms with Gasteiger partial charge in [-0.3, -0.25) is 4.98 Å². The number of aromatic nitrogens is 1. The summed E-state index contributed by atoms with van der Waals surface area (Å²) in [7, 11) is -7.99. The van der Waals surface area contributed by atoms with Crippen LogP contribution in [0.4, 0.5) is 18.9 Å². The first-order valence-corrected chi connectivity index (χ1v) is 15.4. The zero-order valence-corrected chi connectivity index (χ0v) is 23.7. The van der Waals surface area contributed by atoms with Crippen molar-refractivity contribution in [1.29, 1.82) is 0 Å². The van der Waals surface area contributed by atoms with Gasteiger partial charge in [-0.15, -0.1) is 0 Å². The molecule has 0 radical (unpaired) electrons. The molecule has 1 aliphatic carbocycles. The summed E-state index contributed by atoms with van der Waals surface area (Å²) in [5.41, 5.74) is -3.01. The van der Waals surface area contributed by atoms with Crippen LogP contribution in [0.1, 0.15) is 18.9 Å². The summed E-state index contributed by atoms with van der Waals surface area (Å²) in [5, 5.41) is 10.0. The van der Waals surface area contributed by atoms with Crippen molar-refractivity contribution < 1.29 is 35.1 Å². The Morgan fingerprint density at radius 1 is 1.12 bits per heavy atom. The van der Waals surface area contributed by atoms with Crippen LogP contribution in [0, 0.1) is 0 Å². The van der Waals surface area contributed by atoms with E-state index in [9.17, 15) is 35.1 Å². The highest BCUT2D eigenvalue weighted by Crippen LogP contribution is 2.39. The van der Waals surface area contributed by atoms with Crippen molar-refractivity contribution in [2.45, 2.75) is 36.1 Å². The molecule has 0 bridgehead atoms. The van der Waals surface area contributed by atoms with Gasteiger partial charge in [-0.05, 0) is 42.8 Å². The number of anilines is 1. The van der Waals surface area contributed by atoms with Gasteiger partial charge in [-0.25, -0.2) is 21.6 Å². The lowest BCUT2D eigenvalue weighted by Gasteiger charge is -2.42. The number of alkyl halides is 3. The van der Waals surface area contributed by atoms with Gasteiger partial charge in [0.2, 0.25) is 20.0 Å². The number of allylic oxidation sites excluding steroid dienone is 4. The molecule has 15 heteroatoms. The zero-order chi connectivity index (χ0) is 29.3. The van der Waals surface area contributed by atoms with Crippen molar-refractivity contribution >= 4 is 42.8 Å². The van der Waals surface area contributed by atoms with Crippen molar-refractivity contribution in [3.05, 3.63) is 77.5 Å². The Balaban J connectivity index is 1.63. The molecule has 2 atom stereocenters. The Morgan fingerprint density at radius 2 is 1.82 bits per heavy atom. The number of hydrogen-bond acceptors (Lipinski definition) is 8. The van der Waals surface area contributed by atoms with Crippen LogP contribution in [-0.4, -0.2) is 74.5 Å². The number of halogens is 3. The number of thiocarbonyl (C=S) groups is 1. The maximum absolute atomic E-state index is 13.4. The molecule has 1 aromatic carbocycles. The van der Waals surface area contributed by atoms with E-state index in [1.807, 2.05) is 0 Å². The molecule has 1 saturated heterocycles. The average Bonchev–Trinajstić information content (AvgIpc) is 2.92. The number of sulfonamides is 2. The molecule has 1 aliphatic heterocycles. The van der Waals surface area contributed by atoms with Crippen LogP contribution in [0.5, 0.6) is 0 Å². The summed E-state index contributed by atoms with van der Waals surface area (Å²) in [6.45, 7) is 0.461. The average molecular weight is 617 g/mol. The van der Waals surface area contributed by atoms with Gasteiger partial charge < -0.3 is 10.0 Å². The molecular weight excluding hydrogens is 589 g/mol. The molecule has 0 spiro atoms. The fourth-order valence-electron chi connectivity index (χ4n) is 4.39. The first kappa shape index (κ1) is 30.3. The van der Waals surface area contributed by atoms with Crippen molar-refractivity contribution in [3.63, 3.8) is 0 Å². The molecule has 0 amide bonds. The highest BCUT2D eigenvalue weighted by molar-refractivity contribution is 7.96. The number of aliphatic hydroxyl groups is 1. The number of piperazine rings is 1. The van der Waals surface area contributed by atoms with Crippen molar-refractivity contribution in [3.8, 4) is 0 Å². The normalized spacial score (nSPS) is 20.7. The molecule has 2 aromatic rings. The predicted molar refractivity (Wildman–Crippen MR) is 148 cm³/mol. The number of pyridine rings is 1. The summed E-state index contributed by atoms with van der Waals surface area (Å²) < 4.78 is 96.3. The largest absolute Gasteiger partial charge is 0.421 e. The molecule has 9 nitrogen and oxygen atoms in total. The predicted octanol–water partition coefficient (Wildman–Crippen LogP) is 2.86. The monoisotopic (exact) mass is 616 g/mol. The minimum atomic E-state index is -4.90. The quantitative estimate of drug-likeness (QED) is 0.435. The van der Waals surface area contributed by atoms with E-state index in [2.05, 4.69) is 9.71 Å². The molecule has 1 fully saturated rings. The molecule has 1 aromatic heterocycles. The first-order valence-electron chi connectivity index (χ1n) is 12.1. The van der Waals surface area contributed by atoms with E-state index in [0.717, 1.165) is 12.1 Å². The van der Waals surface area contributed by atoms with Gasteiger partial charge in [0, 0.05) is 55.5 Å². The second-order valence-electron chi connectivity index (χ2n) is 9.45. The zero-order valence-electron chi connectivity index (χ0n) is 21.2. The van der Waals surface area contributed by atoms with Crippen LogP contribution < -0.4 is 9.62 Å². The number of benzene rings is 1. The number of hydrogen-bond donors (Lipinski definition) is 2. The van der Waals surface area contributed by atoms with Crippen LogP contribution in [0.3, 0.4) is 0 Å². The van der Waals surface area contributed by atoms with Crippen molar-refractivity contribution in [2.75, 3.05) is 31.1 Å². The third kappa shape index (κ3) is 6.14. The van der Waals surface area contributed by atoms with Gasteiger partial charge in [-0.2, -0.15) is 17.5 Å². The second kappa shape index (κ2) is 11.3. The summed E-state index contributed by atoms with van der Waals surface area (Å²) >= 11 is 5.26. The molecular formula is C25H27F3N4O5S3. The minimum absolute atomic E-state index is 0.00637. The summed E-state index contributed by atoms with van der Waals surface area (Å²) in [5.74, 6) is 0. The van der Waals surface area contributed by atoms with Gasteiger partial charge in [0.25, 0.3) is 0 Å². The van der Waals surface area contributed by atoms with E-state index in [0.29, 0.717) is 19.0 Å². The third-order valence-electron chi connectivity index (χ3n) is 6.79. The standard InChI is InChI=1S/C25H27F3N4O5S3/c1-24(33,25(26,27)28)18-8-10-19(11-9-18)32-14-13-31(40(36,37)23-7-3-2-6-22(23)38)17-20(32)15-30-39(34,35)21-5-4-12-29-16-21/h2-5,7-12,16,20,30,33H,6,13-15,17H2,1H3/t20-,24-/m0/s1. The summed E-state index contributed by atoms with van der Waals surface area (Å²) in [6.07, 6.45) is 2.79. The lowest BCUT2D eigenvalue weighted by Crippen LogP contribution is -2.58. The smallest absolute Gasteiger partial charge is 0.376 e. The fourth-order valence-corrected chi connectivity index (χ4v) is 7.50. The van der Waals surface area contributed by atoms with E-state index < -0.39 is 37.9 Å². The Bertz CT molecular complexity index is 1530. The number of nitrogens with one attached hydrogen (secondary N) is 1. The van der Waals surface area contributed by atoms with Crippen LogP contribution >= 0.6 is 12.2 Å². The molecule has 2 N–H and O–H groups in total. The van der Waals surface area contributed by atoms with Crippen molar-refractivity contribution in [2.24, 2.45) is 0 Å². The van der Waals surface area contributed by atoms with E-state index in [1.165, 1.54) is 47.0 Å². The number of rotatable bonds is 8. The lowest BCUT2D eigenvalue weighted by atomic mass is 9.95. The highest BCUT2D eigenvalue weighted by Gasteiger charge is 2.51. The Morgan fingerprint density at radius 3 is 2.42 bits per heavy atom. The molecule has 216 valence electrons. The van der Waals surface area contributed by atoms with Gasteiger partial charge in [0.05, 0.1) is 10.9 Å². The van der Waals surface area contributed by atoms with E-state index in [-0.39, 0.29) is 46.4 Å². The van der Waals surface area contributed by atoms with Crippen LogP contribution in [0.2, 0.25) is 0 Å². The number of nitrogens with zero attached hydrogens (tertiary/aromatic N) is 3. The third-order valence-corrected chi connectivity index (χ3v) is 10.7. The Labute approximate surface area is 236 Å². The summed E-state index contributed by atoms with van der Waals surface area (Å²) in [6, 6.07) is 7.12. The molecule has 2 aliphatic rings. The maximum Gasteiger partial charge on any atom is 0.421 e. The lowest BCUT2D eigenvalue weighted by molar-refractivity contribution is -0.258. The summed E-state index contributed by atoms with van der Waals surface area (Å²) in [4.78, 5) is 5.73. The van der Waals surface area contributed by atoms with E-state index in [1.54, 1.807) is 17.1 Å². The topological polar surface area (TPSA) is 120 Å². The van der Waals surface area contributed by atoms with Crippen LogP contribution in [0.25, 0.3) is 0 Å². The second-order valence-corrected chi connectivity index (χ2v) is 13.6. The van der Waals surface area contributed by atoms with Gasteiger partial charge >= 0.3 is 6.18 Å². The van der Waals surface area contributed by atoms with Gasteiger partial charge in [-0.1, -0.05) is 36.5 Å². The SMILES string of the molecule is C[C@](O)(c1ccc(N2CCN(S(=O)(=O)C3=CC=CCC3=S)C[C@@H]2CNS(=O)(=O)c2cccnc2)cc1)C(F)(F)F. The molecule has 4 rings (SSSR count). The molecule has 0 unspecified atom stereocenters. The highest BCUT2D eigenvalue weighted by atomic mass is 32.2. The van der Waals surface area contributed by atoms with E-state index in [4.69, 9.17) is 12.2 Å². The Hall–Kier alpha value is -2.69. The van der Waals surface area contributed by atoms with Crippen LogP contribution in [-0.2, 0) is 25.6 Å². The minimum Gasteiger partial charge on any atom is -0.376 e. The fraction of sp³-hybridized carbons (Fsp3) is 0.360.